The average molecular weight is 409 g/mol. The van der Waals surface area contributed by atoms with Crippen LogP contribution in [-0.2, 0) is 9.22 Å². The number of unbranched alkanes of at least 4 members (excludes halogenated alkanes) is 3. The molecule has 2 aromatic carbocycles. The Morgan fingerprint density at radius 2 is 1.45 bits per heavy atom. The van der Waals surface area contributed by atoms with Crippen molar-refractivity contribution in [2.45, 2.75) is 70.9 Å². The van der Waals surface area contributed by atoms with Gasteiger partial charge in [0, 0.05) is 0 Å². The first-order valence-electron chi connectivity index (χ1n) is 10.8. The van der Waals surface area contributed by atoms with E-state index in [4.69, 9.17) is 4.43 Å². The number of carbonyl (C=O) groups is 1. The van der Waals surface area contributed by atoms with Crippen LogP contribution in [-0.4, -0.2) is 20.7 Å². The molecule has 0 unspecified atom stereocenters. The highest BCUT2D eigenvalue weighted by Crippen LogP contribution is 2.37. The lowest BCUT2D eigenvalue weighted by Gasteiger charge is -2.44. The molecule has 0 amide bonds. The van der Waals surface area contributed by atoms with Gasteiger partial charge in [0.15, 0.2) is 0 Å². The Bertz CT molecular complexity index is 708. The van der Waals surface area contributed by atoms with Crippen molar-refractivity contribution in [3.05, 3.63) is 72.8 Å². The molecule has 29 heavy (non-hydrogen) atoms. The molecule has 0 aromatic heterocycles. The molecule has 0 bridgehead atoms. The van der Waals surface area contributed by atoms with Gasteiger partial charge in [0.05, 0.1) is 0 Å². The zero-order valence-corrected chi connectivity index (χ0v) is 19.4. The maximum atomic E-state index is 12.0. The van der Waals surface area contributed by atoms with Crippen molar-refractivity contribution in [1.82, 2.24) is 0 Å². The number of rotatable bonds is 11. The summed E-state index contributed by atoms with van der Waals surface area (Å²) in [6.07, 6.45) is 10.2. The van der Waals surface area contributed by atoms with Crippen molar-refractivity contribution in [2.75, 3.05) is 0 Å². The van der Waals surface area contributed by atoms with Gasteiger partial charge in [0.25, 0.3) is 8.32 Å². The third kappa shape index (κ3) is 6.00. The number of hydrogen-bond acceptors (Lipinski definition) is 2. The van der Waals surface area contributed by atoms with Crippen LogP contribution >= 0.6 is 0 Å². The van der Waals surface area contributed by atoms with E-state index in [1.54, 1.807) is 0 Å². The molecule has 156 valence electrons. The third-order valence-corrected chi connectivity index (χ3v) is 10.5. The molecule has 2 rings (SSSR count). The highest BCUT2D eigenvalue weighted by atomic mass is 28.4. The summed E-state index contributed by atoms with van der Waals surface area (Å²) < 4.78 is 6.87. The number of aldehydes is 1. The van der Waals surface area contributed by atoms with E-state index in [1.165, 1.54) is 29.6 Å². The van der Waals surface area contributed by atoms with Gasteiger partial charge in [-0.2, -0.15) is 0 Å². The van der Waals surface area contributed by atoms with Crippen LogP contribution in [0, 0.1) is 0 Å². The van der Waals surface area contributed by atoms with Gasteiger partial charge < -0.3 is 9.22 Å². The molecule has 0 heterocycles. The van der Waals surface area contributed by atoms with Crippen LogP contribution in [0.15, 0.2) is 72.8 Å². The molecule has 0 spiro atoms. The Balaban J connectivity index is 2.38. The van der Waals surface area contributed by atoms with E-state index in [0.717, 1.165) is 12.7 Å². The molecule has 0 saturated heterocycles. The Labute approximate surface area is 178 Å². The Kier molecular flexibility index (Phi) is 9.06. The summed E-state index contributed by atoms with van der Waals surface area (Å²) >= 11 is 0. The fourth-order valence-corrected chi connectivity index (χ4v) is 8.53. The van der Waals surface area contributed by atoms with Gasteiger partial charge in [-0.3, -0.25) is 0 Å². The van der Waals surface area contributed by atoms with Crippen LogP contribution in [0.4, 0.5) is 0 Å². The van der Waals surface area contributed by atoms with Crippen LogP contribution in [0.3, 0.4) is 0 Å². The lowest BCUT2D eigenvalue weighted by atomic mass is 10.2. The first-order chi connectivity index (χ1) is 14.0. The zero-order chi connectivity index (χ0) is 21.2. The summed E-state index contributed by atoms with van der Waals surface area (Å²) in [4.78, 5) is 12.0. The van der Waals surface area contributed by atoms with E-state index in [2.05, 4.69) is 88.4 Å². The molecule has 0 aliphatic rings. The fraction of sp³-hybridized carbons (Fsp3) is 0.423. The first-order valence-corrected chi connectivity index (χ1v) is 12.8. The molecule has 0 saturated carbocycles. The van der Waals surface area contributed by atoms with Gasteiger partial charge in [-0.1, -0.05) is 113 Å². The number of allylic oxidation sites excluding steroid dienone is 1. The van der Waals surface area contributed by atoms with Crippen molar-refractivity contribution < 1.29 is 9.22 Å². The molecule has 0 radical (unpaired) electrons. The number of hydrogen-bond donors (Lipinski definition) is 0. The minimum Gasteiger partial charge on any atom is -0.397 e. The van der Waals surface area contributed by atoms with Gasteiger partial charge >= 0.3 is 0 Å². The molecule has 0 fully saturated rings. The van der Waals surface area contributed by atoms with E-state index in [0.29, 0.717) is 6.42 Å². The van der Waals surface area contributed by atoms with Crippen molar-refractivity contribution in [1.29, 1.82) is 0 Å². The second kappa shape index (κ2) is 11.3. The molecule has 3 heteroatoms. The Hall–Kier alpha value is -1.97. The summed E-state index contributed by atoms with van der Waals surface area (Å²) in [5.41, 5.74) is 0. The largest absolute Gasteiger partial charge is 0.397 e. The van der Waals surface area contributed by atoms with Crippen LogP contribution in [0.25, 0.3) is 0 Å². The van der Waals surface area contributed by atoms with Crippen molar-refractivity contribution in [2.24, 2.45) is 0 Å². The zero-order valence-electron chi connectivity index (χ0n) is 18.4. The Morgan fingerprint density at radius 1 is 0.897 bits per heavy atom. The van der Waals surface area contributed by atoms with E-state index in [1.807, 2.05) is 12.1 Å². The van der Waals surface area contributed by atoms with E-state index in [9.17, 15) is 4.79 Å². The van der Waals surface area contributed by atoms with E-state index >= 15 is 0 Å². The highest BCUT2D eigenvalue weighted by Gasteiger charge is 2.51. The van der Waals surface area contributed by atoms with E-state index < -0.39 is 14.4 Å². The maximum absolute atomic E-state index is 12.0. The second-order valence-electron chi connectivity index (χ2n) is 8.66. The molecule has 0 aliphatic heterocycles. The molecule has 0 aliphatic carbocycles. The van der Waals surface area contributed by atoms with Gasteiger partial charge in [0.1, 0.15) is 12.4 Å². The molecule has 2 nitrogen and oxygen atoms in total. The fourth-order valence-electron chi connectivity index (χ4n) is 3.91. The van der Waals surface area contributed by atoms with Gasteiger partial charge in [0.2, 0.25) is 0 Å². The lowest BCUT2D eigenvalue weighted by Crippen LogP contribution is -2.67. The highest BCUT2D eigenvalue weighted by molar-refractivity contribution is 6.99. The molecular weight excluding hydrogens is 372 g/mol. The number of carbonyl (C=O) groups excluding carboxylic acids is 1. The molecule has 0 N–H and O–H groups in total. The molecular formula is C26H36O2Si. The van der Waals surface area contributed by atoms with Gasteiger partial charge in [-0.05, 0) is 34.7 Å². The predicted molar refractivity (Wildman–Crippen MR) is 126 cm³/mol. The first kappa shape index (κ1) is 23.3. The van der Waals surface area contributed by atoms with Crippen LogP contribution in [0.5, 0.6) is 0 Å². The topological polar surface area (TPSA) is 26.3 Å². The lowest BCUT2D eigenvalue weighted by molar-refractivity contribution is -0.113. The van der Waals surface area contributed by atoms with Crippen molar-refractivity contribution in [3.63, 3.8) is 0 Å². The van der Waals surface area contributed by atoms with Crippen molar-refractivity contribution in [3.8, 4) is 0 Å². The standard InChI is InChI=1S/C26H36O2Si/c1-5-6-7-8-9-12-17-23(22-27)28-29(26(2,3)4,24-18-13-10-14-19-24)25-20-15-11-16-21-25/h9-16,18-23H,5-8,17H2,1-4H3/t23-/m1/s1. The smallest absolute Gasteiger partial charge is 0.262 e. The summed E-state index contributed by atoms with van der Waals surface area (Å²) in [7, 11) is -2.68. The van der Waals surface area contributed by atoms with Crippen molar-refractivity contribution >= 4 is 25.0 Å². The van der Waals surface area contributed by atoms with Gasteiger partial charge in [-0.25, -0.2) is 0 Å². The minimum atomic E-state index is -2.68. The second-order valence-corrected chi connectivity index (χ2v) is 12.9. The maximum Gasteiger partial charge on any atom is 0.262 e. The third-order valence-electron chi connectivity index (χ3n) is 5.41. The minimum absolute atomic E-state index is 0.123. The monoisotopic (exact) mass is 408 g/mol. The van der Waals surface area contributed by atoms with E-state index in [-0.39, 0.29) is 5.04 Å². The predicted octanol–water partition coefficient (Wildman–Crippen LogP) is 5.66. The Morgan fingerprint density at radius 3 is 1.90 bits per heavy atom. The SMILES string of the molecule is CCCCCC=CC[C@H](C=O)O[Si](c1ccccc1)(c1ccccc1)C(C)(C)C. The normalized spacial score (nSPS) is 13.5. The summed E-state index contributed by atoms with van der Waals surface area (Å²) in [5, 5.41) is 2.29. The average Bonchev–Trinajstić information content (AvgIpc) is 2.73. The molecule has 2 aromatic rings. The van der Waals surface area contributed by atoms with Gasteiger partial charge in [-0.15, -0.1) is 0 Å². The van der Waals surface area contributed by atoms with Crippen LogP contribution in [0.2, 0.25) is 5.04 Å². The summed E-state index contributed by atoms with van der Waals surface area (Å²) in [6, 6.07) is 21.0. The number of benzene rings is 2. The summed E-state index contributed by atoms with van der Waals surface area (Å²) in [6.45, 7) is 8.93. The quantitative estimate of drug-likeness (QED) is 0.208. The van der Waals surface area contributed by atoms with Crippen LogP contribution in [0.1, 0.15) is 59.8 Å². The summed E-state index contributed by atoms with van der Waals surface area (Å²) in [5.74, 6) is 0. The molecule has 1 atom stereocenters. The van der Waals surface area contributed by atoms with Crippen LogP contribution < -0.4 is 10.4 Å².